The van der Waals surface area contributed by atoms with E-state index in [-0.39, 0.29) is 30.7 Å². The van der Waals surface area contributed by atoms with Gasteiger partial charge in [-0.15, -0.1) is 0 Å². The molecule has 144 valence electrons. The van der Waals surface area contributed by atoms with E-state index < -0.39 is 6.17 Å². The van der Waals surface area contributed by atoms with Crippen molar-refractivity contribution in [3.05, 3.63) is 65.2 Å². The summed E-state index contributed by atoms with van der Waals surface area (Å²) in [4.78, 5) is 41.8. The summed E-state index contributed by atoms with van der Waals surface area (Å²) in [5.41, 5.74) is 2.52. The van der Waals surface area contributed by atoms with Crippen LogP contribution in [0.1, 0.15) is 52.7 Å². The minimum absolute atomic E-state index is 0.0930. The van der Waals surface area contributed by atoms with Crippen LogP contribution in [0.15, 0.2) is 48.5 Å². The van der Waals surface area contributed by atoms with E-state index in [2.05, 4.69) is 5.32 Å². The lowest BCUT2D eigenvalue weighted by molar-refractivity contribution is -0.121. The Morgan fingerprint density at radius 2 is 1.68 bits per heavy atom. The molecule has 0 spiro atoms. The molecule has 0 saturated carbocycles. The lowest BCUT2D eigenvalue weighted by atomic mass is 10.0. The highest BCUT2D eigenvalue weighted by Crippen LogP contribution is 2.45. The van der Waals surface area contributed by atoms with E-state index in [1.54, 1.807) is 34.1 Å². The van der Waals surface area contributed by atoms with Gasteiger partial charge in [0.05, 0.1) is 11.3 Å². The average molecular weight is 377 g/mol. The van der Waals surface area contributed by atoms with Gasteiger partial charge in [-0.1, -0.05) is 44.2 Å². The first-order valence-corrected chi connectivity index (χ1v) is 9.58. The molecule has 4 rings (SSSR count). The highest BCUT2D eigenvalue weighted by Gasteiger charge is 2.47. The van der Waals surface area contributed by atoms with Crippen molar-refractivity contribution in [2.75, 3.05) is 18.0 Å². The molecule has 0 fully saturated rings. The van der Waals surface area contributed by atoms with Crippen molar-refractivity contribution in [1.29, 1.82) is 0 Å². The maximum absolute atomic E-state index is 13.2. The van der Waals surface area contributed by atoms with E-state index in [4.69, 9.17) is 0 Å². The van der Waals surface area contributed by atoms with Gasteiger partial charge < -0.3 is 10.2 Å². The minimum Gasteiger partial charge on any atom is -0.356 e. The summed E-state index contributed by atoms with van der Waals surface area (Å²) in [6, 6.07) is 14.5. The largest absolute Gasteiger partial charge is 0.356 e. The average Bonchev–Trinajstić information content (AvgIpc) is 2.99. The van der Waals surface area contributed by atoms with Crippen LogP contribution in [0.3, 0.4) is 0 Å². The van der Waals surface area contributed by atoms with Crippen LogP contribution in [0.25, 0.3) is 0 Å². The van der Waals surface area contributed by atoms with Crippen LogP contribution >= 0.6 is 0 Å². The molecular formula is C22H23N3O3. The number of fused-ring (bicyclic) bond motifs is 5. The van der Waals surface area contributed by atoms with E-state index in [0.717, 1.165) is 5.56 Å². The van der Waals surface area contributed by atoms with Crippen LogP contribution in [0.4, 0.5) is 5.69 Å². The third kappa shape index (κ3) is 2.95. The second-order valence-corrected chi connectivity index (χ2v) is 7.60. The first-order chi connectivity index (χ1) is 13.5. The summed E-state index contributed by atoms with van der Waals surface area (Å²) in [5.74, 6) is -0.000364. The van der Waals surface area contributed by atoms with Gasteiger partial charge in [0.25, 0.3) is 11.8 Å². The number of carbonyl (C=O) groups is 3. The second kappa shape index (κ2) is 7.11. The molecule has 2 aromatic carbocycles. The van der Waals surface area contributed by atoms with E-state index in [1.807, 2.05) is 38.1 Å². The fourth-order valence-electron chi connectivity index (χ4n) is 3.83. The van der Waals surface area contributed by atoms with Gasteiger partial charge in [0.15, 0.2) is 0 Å². The van der Waals surface area contributed by atoms with Gasteiger partial charge in [-0.05, 0) is 24.1 Å². The summed E-state index contributed by atoms with van der Waals surface area (Å²) in [7, 11) is 0. The summed E-state index contributed by atoms with van der Waals surface area (Å²) in [6.07, 6.45) is -0.314. The van der Waals surface area contributed by atoms with Gasteiger partial charge in [-0.25, -0.2) is 0 Å². The molecule has 6 nitrogen and oxygen atoms in total. The van der Waals surface area contributed by atoms with Gasteiger partial charge in [0.2, 0.25) is 5.91 Å². The molecule has 2 aliphatic heterocycles. The Labute approximate surface area is 164 Å². The van der Waals surface area contributed by atoms with Crippen LogP contribution < -0.4 is 10.2 Å². The molecule has 1 N–H and O–H groups in total. The van der Waals surface area contributed by atoms with E-state index in [9.17, 15) is 14.4 Å². The zero-order chi connectivity index (χ0) is 19.8. The first kappa shape index (κ1) is 18.2. The molecule has 0 unspecified atom stereocenters. The van der Waals surface area contributed by atoms with Gasteiger partial charge in [-0.3, -0.25) is 19.3 Å². The number of anilines is 1. The highest BCUT2D eigenvalue weighted by molar-refractivity contribution is 6.16. The van der Waals surface area contributed by atoms with E-state index >= 15 is 0 Å². The van der Waals surface area contributed by atoms with Crippen molar-refractivity contribution < 1.29 is 14.4 Å². The van der Waals surface area contributed by atoms with Crippen LogP contribution in [-0.2, 0) is 4.79 Å². The molecule has 0 aliphatic carbocycles. The highest BCUT2D eigenvalue weighted by atomic mass is 16.2. The Morgan fingerprint density at radius 3 is 2.43 bits per heavy atom. The Hall–Kier alpha value is -3.15. The van der Waals surface area contributed by atoms with Crippen LogP contribution in [0.2, 0.25) is 0 Å². The van der Waals surface area contributed by atoms with E-state index in [1.165, 1.54) is 0 Å². The Morgan fingerprint density at radius 1 is 1.00 bits per heavy atom. The third-order valence-corrected chi connectivity index (χ3v) is 5.17. The number of hydrogen-bond acceptors (Lipinski definition) is 3. The number of rotatable bonds is 5. The molecule has 0 bridgehead atoms. The summed E-state index contributed by atoms with van der Waals surface area (Å²) >= 11 is 0. The van der Waals surface area contributed by atoms with Crippen molar-refractivity contribution in [3.8, 4) is 0 Å². The van der Waals surface area contributed by atoms with Gasteiger partial charge >= 0.3 is 0 Å². The SMILES string of the molecule is CC(C)CNC(=O)CCN1C(=O)c2ccccc2N2C(=O)c3ccccc3[C@H]12. The molecular weight excluding hydrogens is 354 g/mol. The molecule has 0 radical (unpaired) electrons. The molecule has 6 heteroatoms. The van der Waals surface area contributed by atoms with Crippen molar-refractivity contribution in [2.24, 2.45) is 5.92 Å². The summed E-state index contributed by atoms with van der Waals surface area (Å²) in [6.45, 7) is 4.92. The maximum Gasteiger partial charge on any atom is 0.260 e. The number of nitrogens with one attached hydrogen (secondary N) is 1. The third-order valence-electron chi connectivity index (χ3n) is 5.17. The monoisotopic (exact) mass is 377 g/mol. The normalized spacial score (nSPS) is 17.5. The molecule has 2 aromatic rings. The first-order valence-electron chi connectivity index (χ1n) is 9.58. The number of nitrogens with zero attached hydrogens (tertiary/aromatic N) is 2. The Bertz CT molecular complexity index is 954. The Balaban J connectivity index is 1.67. The fraction of sp³-hybridized carbons (Fsp3) is 0.318. The fourth-order valence-corrected chi connectivity index (χ4v) is 3.83. The van der Waals surface area contributed by atoms with Crippen molar-refractivity contribution in [2.45, 2.75) is 26.4 Å². The van der Waals surface area contributed by atoms with Gasteiger partial charge in [-0.2, -0.15) is 0 Å². The lowest BCUT2D eigenvalue weighted by Gasteiger charge is -2.40. The standard InChI is InChI=1S/C22H23N3O3/c1-14(2)13-23-19(26)11-12-24-20-15-7-3-4-8-16(15)22(28)25(20)18-10-6-5-9-17(18)21(24)27/h3-10,14,20H,11-13H2,1-2H3,(H,23,26)/t20-/m1/s1. The smallest absolute Gasteiger partial charge is 0.260 e. The Kier molecular flexibility index (Phi) is 4.63. The number of para-hydroxylation sites is 1. The molecule has 3 amide bonds. The molecule has 1 atom stereocenters. The molecule has 0 aromatic heterocycles. The van der Waals surface area contributed by atoms with Gasteiger partial charge in [0, 0.05) is 30.6 Å². The number of benzene rings is 2. The summed E-state index contributed by atoms with van der Waals surface area (Å²) in [5, 5.41) is 2.89. The van der Waals surface area contributed by atoms with Crippen molar-refractivity contribution >= 4 is 23.4 Å². The molecule has 28 heavy (non-hydrogen) atoms. The zero-order valence-corrected chi connectivity index (χ0v) is 16.0. The van der Waals surface area contributed by atoms with Crippen molar-refractivity contribution in [3.63, 3.8) is 0 Å². The van der Waals surface area contributed by atoms with Gasteiger partial charge in [0.1, 0.15) is 6.17 Å². The number of carbonyl (C=O) groups excluding carboxylic acids is 3. The maximum atomic E-state index is 13.2. The minimum atomic E-state index is -0.510. The molecule has 2 heterocycles. The van der Waals surface area contributed by atoms with Crippen molar-refractivity contribution in [1.82, 2.24) is 10.2 Å². The molecule has 2 aliphatic rings. The van der Waals surface area contributed by atoms with Crippen LogP contribution in [-0.4, -0.2) is 35.7 Å². The predicted molar refractivity (Wildman–Crippen MR) is 106 cm³/mol. The zero-order valence-electron chi connectivity index (χ0n) is 16.0. The second-order valence-electron chi connectivity index (χ2n) is 7.60. The van der Waals surface area contributed by atoms with E-state index in [0.29, 0.717) is 29.3 Å². The molecule has 0 saturated heterocycles. The lowest BCUT2D eigenvalue weighted by Crippen LogP contribution is -2.49. The quantitative estimate of drug-likeness (QED) is 0.871. The number of amides is 3. The summed E-state index contributed by atoms with van der Waals surface area (Å²) < 4.78 is 0. The number of hydrogen-bond donors (Lipinski definition) is 1. The van der Waals surface area contributed by atoms with Crippen LogP contribution in [0, 0.1) is 5.92 Å². The van der Waals surface area contributed by atoms with Crippen LogP contribution in [0.5, 0.6) is 0 Å². The predicted octanol–water partition coefficient (Wildman–Crippen LogP) is 2.96. The topological polar surface area (TPSA) is 69.7 Å².